The molecule has 2 saturated heterocycles. The molecule has 0 aliphatic carbocycles. The minimum atomic E-state index is -0.611. The lowest BCUT2D eigenvalue weighted by atomic mass is 10.0. The second kappa shape index (κ2) is 28.4. The van der Waals surface area contributed by atoms with Crippen molar-refractivity contribution in [1.29, 1.82) is 0 Å². The van der Waals surface area contributed by atoms with Gasteiger partial charge >= 0.3 is 6.09 Å². The van der Waals surface area contributed by atoms with Gasteiger partial charge in [-0.15, -0.1) is 0 Å². The first kappa shape index (κ1) is 55.0. The highest BCUT2D eigenvalue weighted by Gasteiger charge is 2.30. The molecule has 5 rings (SSSR count). The number of aromatic nitrogens is 2. The van der Waals surface area contributed by atoms with Crippen LogP contribution in [0, 0.1) is 5.82 Å². The van der Waals surface area contributed by atoms with Crippen molar-refractivity contribution >= 4 is 49.5 Å². The summed E-state index contributed by atoms with van der Waals surface area (Å²) in [6, 6.07) is 13.2. The van der Waals surface area contributed by atoms with E-state index in [-0.39, 0.29) is 49.1 Å². The fourth-order valence-corrected chi connectivity index (χ4v) is 6.05. The second-order valence-electron chi connectivity index (χ2n) is 13.9. The highest BCUT2D eigenvalue weighted by atomic mass is 32.1. The van der Waals surface area contributed by atoms with Crippen LogP contribution >= 0.6 is 13.5 Å². The lowest BCUT2D eigenvalue weighted by molar-refractivity contribution is -0.134. The molecule has 0 unspecified atom stereocenters. The molecule has 0 radical (unpaired) electrons. The van der Waals surface area contributed by atoms with E-state index in [1.165, 1.54) is 6.07 Å². The van der Waals surface area contributed by atoms with Crippen molar-refractivity contribution in [3.63, 3.8) is 0 Å². The van der Waals surface area contributed by atoms with Crippen molar-refractivity contribution in [1.82, 2.24) is 29.8 Å². The van der Waals surface area contributed by atoms with Crippen LogP contribution in [-0.4, -0.2) is 118 Å². The van der Waals surface area contributed by atoms with Gasteiger partial charge in [-0.2, -0.15) is 18.6 Å². The van der Waals surface area contributed by atoms with Crippen LogP contribution < -0.4 is 21.7 Å². The number of carbonyl (C=O) groups excluding carboxylic acids is 4. The lowest BCUT2D eigenvalue weighted by Gasteiger charge is -2.38. The minimum Gasteiger partial charge on any atom is -0.444 e. The molecule has 2 aliphatic heterocycles. The van der Waals surface area contributed by atoms with E-state index in [9.17, 15) is 28.4 Å². The Hall–Kier alpha value is -5.02. The van der Waals surface area contributed by atoms with Crippen LogP contribution in [0.2, 0.25) is 0 Å². The maximum absolute atomic E-state index is 14.9. The Morgan fingerprint density at radius 1 is 0.833 bits per heavy atom. The standard InChI is InChI=1S/C32H43FN6O5.C7H7NO.3C2H6.H2S/c1-6-8-24-23(7-2)29(41)35-34-27(24)20-22-9-10-26(33)25(19-22)30(42)38-17-15-37(16-18-38)28(40)21-36-11-13-39(14-12-36)31(43)44-32(3,4)5;8-7(9)6-4-2-1-3-5-6;3*1-2;/h7-10,19H,6,11-18,20-21H2,1-5H3,(H,35,41);1-5H,(H2,8,9);3*1-2H3;1H2/b23-7+,24-8+;;;;;. The lowest BCUT2D eigenvalue weighted by Crippen LogP contribution is -2.55. The SMILES string of the molecule is C/C=c1/c(=O)[nH]nc(Cc2ccc(F)c(C(=O)N3CCN(C(=O)CN4CCN(C(=O)OC(C)(C)C)CC4)CC3)c2)/c1=C/CC.CC.CC.CC.NC(=O)c1ccccc1.S. The summed E-state index contributed by atoms with van der Waals surface area (Å²) in [6.07, 6.45) is 4.36. The summed E-state index contributed by atoms with van der Waals surface area (Å²) in [5, 5.41) is 8.04. The predicted molar refractivity (Wildman–Crippen MR) is 244 cm³/mol. The van der Waals surface area contributed by atoms with Gasteiger partial charge in [-0.05, 0) is 63.9 Å². The van der Waals surface area contributed by atoms with Crippen molar-refractivity contribution < 1.29 is 28.3 Å². The number of nitrogens with one attached hydrogen (secondary N) is 1. The molecule has 60 heavy (non-hydrogen) atoms. The number of piperazine rings is 2. The number of nitrogens with two attached hydrogens (primary N) is 1. The second-order valence-corrected chi connectivity index (χ2v) is 13.9. The molecule has 3 aromatic rings. The van der Waals surface area contributed by atoms with Crippen molar-refractivity contribution in [2.75, 3.05) is 58.9 Å². The molecule has 0 spiro atoms. The average Bonchev–Trinajstić information content (AvgIpc) is 3.25. The molecule has 13 nitrogen and oxygen atoms in total. The molecule has 15 heteroatoms. The summed E-state index contributed by atoms with van der Waals surface area (Å²) in [6.45, 7) is 24.9. The summed E-state index contributed by atoms with van der Waals surface area (Å²) in [5.74, 6) is -1.45. The number of rotatable bonds is 7. The zero-order valence-corrected chi connectivity index (χ0v) is 38.7. The van der Waals surface area contributed by atoms with Gasteiger partial charge in [0.15, 0.2) is 0 Å². The van der Waals surface area contributed by atoms with Gasteiger partial charge in [0, 0.05) is 74.8 Å². The predicted octanol–water partition coefficient (Wildman–Crippen LogP) is 5.30. The third-order valence-electron chi connectivity index (χ3n) is 8.83. The number of carbonyl (C=O) groups is 4. The Balaban J connectivity index is 0.00000187. The van der Waals surface area contributed by atoms with E-state index in [2.05, 4.69) is 10.2 Å². The van der Waals surface area contributed by atoms with E-state index < -0.39 is 17.3 Å². The van der Waals surface area contributed by atoms with E-state index in [0.717, 1.165) is 5.22 Å². The zero-order chi connectivity index (χ0) is 44.7. The number of halogens is 1. The quantitative estimate of drug-likeness (QED) is 0.324. The van der Waals surface area contributed by atoms with Gasteiger partial charge in [0.1, 0.15) is 11.4 Å². The molecule has 3 N–H and O–H groups in total. The summed E-state index contributed by atoms with van der Waals surface area (Å²) in [5.41, 5.74) is 6.01. The number of benzene rings is 2. The van der Waals surface area contributed by atoms with Crippen LogP contribution in [-0.2, 0) is 16.0 Å². The Kier molecular flexibility index (Phi) is 26.1. The third kappa shape index (κ3) is 17.3. The highest BCUT2D eigenvalue weighted by molar-refractivity contribution is 7.59. The Labute approximate surface area is 363 Å². The molecule has 2 fully saturated rings. The Morgan fingerprint density at radius 3 is 1.88 bits per heavy atom. The molecular weight excluding hydrogens is 786 g/mol. The monoisotopic (exact) mass is 856 g/mol. The molecule has 0 atom stereocenters. The largest absolute Gasteiger partial charge is 0.444 e. The number of H-pyrrole nitrogens is 1. The van der Waals surface area contributed by atoms with E-state index in [4.69, 9.17) is 10.5 Å². The summed E-state index contributed by atoms with van der Waals surface area (Å²) >= 11 is 0. The average molecular weight is 856 g/mol. The minimum absolute atomic E-state index is 0. The number of nitrogens with zero attached hydrogens (tertiary/aromatic N) is 5. The number of aromatic amines is 1. The fourth-order valence-electron chi connectivity index (χ4n) is 6.05. The fraction of sp³-hybridized carbons (Fsp3) is 0.511. The van der Waals surface area contributed by atoms with Crippen molar-refractivity contribution in [2.24, 2.45) is 5.73 Å². The van der Waals surface area contributed by atoms with Crippen molar-refractivity contribution in [2.45, 2.75) is 94.6 Å². The smallest absolute Gasteiger partial charge is 0.410 e. The first-order valence-corrected chi connectivity index (χ1v) is 20.9. The topological polar surface area (TPSA) is 162 Å². The maximum atomic E-state index is 14.9. The van der Waals surface area contributed by atoms with Gasteiger partial charge in [0.2, 0.25) is 11.8 Å². The van der Waals surface area contributed by atoms with Crippen LogP contribution in [0.3, 0.4) is 0 Å². The van der Waals surface area contributed by atoms with E-state index in [1.54, 1.807) is 64.1 Å². The molecule has 334 valence electrons. The molecule has 0 bridgehead atoms. The molecule has 4 amide bonds. The maximum Gasteiger partial charge on any atom is 0.410 e. The Morgan fingerprint density at radius 2 is 1.38 bits per heavy atom. The molecule has 1 aromatic heterocycles. The Bertz CT molecular complexity index is 1950. The van der Waals surface area contributed by atoms with Gasteiger partial charge in [-0.3, -0.25) is 24.1 Å². The van der Waals surface area contributed by atoms with Crippen molar-refractivity contribution in [3.8, 4) is 0 Å². The van der Waals surface area contributed by atoms with Gasteiger partial charge in [-0.1, -0.05) is 84.9 Å². The van der Waals surface area contributed by atoms with Crippen LogP contribution in [0.4, 0.5) is 9.18 Å². The van der Waals surface area contributed by atoms with E-state index in [1.807, 2.05) is 86.3 Å². The highest BCUT2D eigenvalue weighted by Crippen LogP contribution is 2.17. The number of hydrogen-bond acceptors (Lipinski definition) is 8. The van der Waals surface area contributed by atoms with E-state index >= 15 is 0 Å². The van der Waals surface area contributed by atoms with Gasteiger partial charge < -0.3 is 25.2 Å². The molecule has 2 aliphatic rings. The normalized spacial score (nSPS) is 14.3. The molecule has 3 heterocycles. The molecule has 2 aromatic carbocycles. The third-order valence-corrected chi connectivity index (χ3v) is 8.83. The zero-order valence-electron chi connectivity index (χ0n) is 37.7. The van der Waals surface area contributed by atoms with Crippen LogP contribution in [0.25, 0.3) is 12.2 Å². The summed E-state index contributed by atoms with van der Waals surface area (Å²) < 4.78 is 20.3. The molecular formula is C45H70FN7O6S. The first-order valence-electron chi connectivity index (χ1n) is 20.9. The number of ether oxygens (including phenoxy) is 1. The van der Waals surface area contributed by atoms with Crippen LogP contribution in [0.15, 0.2) is 53.3 Å². The first-order chi connectivity index (χ1) is 28.2. The van der Waals surface area contributed by atoms with Gasteiger partial charge in [0.05, 0.1) is 17.8 Å². The van der Waals surface area contributed by atoms with Crippen molar-refractivity contribution in [3.05, 3.63) is 97.5 Å². The summed E-state index contributed by atoms with van der Waals surface area (Å²) in [4.78, 5) is 68.3. The number of amides is 4. The number of primary amides is 1. The molecule has 0 saturated carbocycles. The van der Waals surface area contributed by atoms with Gasteiger partial charge in [-0.25, -0.2) is 14.3 Å². The number of hydrogen-bond donors (Lipinski definition) is 2. The van der Waals surface area contributed by atoms with E-state index in [0.29, 0.717) is 87.2 Å². The van der Waals surface area contributed by atoms with Crippen LogP contribution in [0.5, 0.6) is 0 Å². The summed E-state index contributed by atoms with van der Waals surface area (Å²) in [7, 11) is 0. The van der Waals surface area contributed by atoms with Gasteiger partial charge in [0.25, 0.3) is 11.5 Å². The van der Waals surface area contributed by atoms with Crippen LogP contribution in [0.1, 0.15) is 115 Å².